The number of hydrogen-bond acceptors (Lipinski definition) is 4. The van der Waals surface area contributed by atoms with Crippen LogP contribution in [0.3, 0.4) is 0 Å². The van der Waals surface area contributed by atoms with Gasteiger partial charge in [-0.25, -0.2) is 9.97 Å². The van der Waals surface area contributed by atoms with Gasteiger partial charge in [-0.1, -0.05) is 36.4 Å². The molecule has 0 amide bonds. The van der Waals surface area contributed by atoms with E-state index < -0.39 is 0 Å². The molecule has 0 radical (unpaired) electrons. The van der Waals surface area contributed by atoms with Crippen molar-refractivity contribution in [2.75, 3.05) is 5.32 Å². The van der Waals surface area contributed by atoms with E-state index in [1.54, 1.807) is 17.5 Å². The van der Waals surface area contributed by atoms with E-state index >= 15 is 0 Å². The molecule has 2 aromatic heterocycles. The second-order valence-electron chi connectivity index (χ2n) is 4.97. The van der Waals surface area contributed by atoms with Gasteiger partial charge < -0.3 is 10.6 Å². The summed E-state index contributed by atoms with van der Waals surface area (Å²) < 4.78 is 0. The van der Waals surface area contributed by atoms with Gasteiger partial charge in [-0.05, 0) is 42.2 Å². The van der Waals surface area contributed by atoms with Crippen molar-refractivity contribution in [3.8, 4) is 10.6 Å². The summed E-state index contributed by atoms with van der Waals surface area (Å²) in [5.74, 6) is 0.494. The second kappa shape index (κ2) is 7.30. The number of benzene rings is 1. The van der Waals surface area contributed by atoms with E-state index in [2.05, 4.69) is 39.7 Å². The van der Waals surface area contributed by atoms with Gasteiger partial charge in [0, 0.05) is 6.20 Å². The van der Waals surface area contributed by atoms with Crippen LogP contribution in [-0.2, 0) is 0 Å². The first kappa shape index (κ1) is 15.6. The second-order valence-corrected chi connectivity index (χ2v) is 6.33. The van der Waals surface area contributed by atoms with E-state index in [0.717, 1.165) is 10.6 Å². The van der Waals surface area contributed by atoms with Gasteiger partial charge in [-0.15, -0.1) is 11.3 Å². The zero-order chi connectivity index (χ0) is 16.1. The quantitative estimate of drug-likeness (QED) is 0.695. The van der Waals surface area contributed by atoms with Gasteiger partial charge in [0.25, 0.3) is 0 Å². The normalized spacial score (nSPS) is 11.7. The van der Waals surface area contributed by atoms with Crippen LogP contribution < -0.4 is 10.6 Å². The van der Waals surface area contributed by atoms with Gasteiger partial charge in [-0.3, -0.25) is 0 Å². The third-order valence-electron chi connectivity index (χ3n) is 3.30. The fourth-order valence-electron chi connectivity index (χ4n) is 2.14. The van der Waals surface area contributed by atoms with E-state index in [-0.39, 0.29) is 6.04 Å². The number of anilines is 1. The Morgan fingerprint density at radius 3 is 2.70 bits per heavy atom. The summed E-state index contributed by atoms with van der Waals surface area (Å²) >= 11 is 7.00. The molecule has 1 aromatic carbocycles. The summed E-state index contributed by atoms with van der Waals surface area (Å²) in [5.41, 5.74) is 2.06. The van der Waals surface area contributed by atoms with Crippen molar-refractivity contribution in [1.82, 2.24) is 15.3 Å². The number of aromatic nitrogens is 2. The Bertz CT molecular complexity index is 772. The van der Waals surface area contributed by atoms with Crippen molar-refractivity contribution in [2.24, 2.45) is 0 Å². The largest absolute Gasteiger partial charge is 0.356 e. The molecular formula is C17H16N4S2. The summed E-state index contributed by atoms with van der Waals surface area (Å²) in [7, 11) is 0. The average molecular weight is 340 g/mol. The maximum absolute atomic E-state index is 5.36. The first-order valence-corrected chi connectivity index (χ1v) is 8.50. The zero-order valence-corrected chi connectivity index (χ0v) is 14.2. The predicted octanol–water partition coefficient (Wildman–Crippen LogP) is 4.25. The molecule has 0 saturated heterocycles. The first-order valence-electron chi connectivity index (χ1n) is 7.22. The molecule has 0 saturated carbocycles. The van der Waals surface area contributed by atoms with Gasteiger partial charge in [-0.2, -0.15) is 0 Å². The molecule has 0 aliphatic carbocycles. The molecule has 1 atom stereocenters. The van der Waals surface area contributed by atoms with Crippen LogP contribution >= 0.6 is 23.6 Å². The van der Waals surface area contributed by atoms with E-state index in [9.17, 15) is 0 Å². The molecule has 3 aromatic rings. The van der Waals surface area contributed by atoms with Crippen molar-refractivity contribution in [3.63, 3.8) is 0 Å². The van der Waals surface area contributed by atoms with Gasteiger partial charge in [0.1, 0.15) is 0 Å². The SMILES string of the molecule is CC(NC(=S)Nc1nccc(-c2cccs2)n1)c1ccccc1. The Labute approximate surface area is 144 Å². The molecule has 4 nitrogen and oxygen atoms in total. The number of rotatable bonds is 4. The standard InChI is InChI=1S/C17H16N4S2/c1-12(13-6-3-2-4-7-13)19-17(22)21-16-18-10-9-14(20-16)15-8-5-11-23-15/h2-12H,1H3,(H2,18,19,20,21,22). The predicted molar refractivity (Wildman–Crippen MR) is 99.6 cm³/mol. The van der Waals surface area contributed by atoms with E-state index in [1.807, 2.05) is 41.8 Å². The minimum absolute atomic E-state index is 0.108. The molecule has 2 heterocycles. The maximum Gasteiger partial charge on any atom is 0.229 e. The highest BCUT2D eigenvalue weighted by Gasteiger charge is 2.08. The van der Waals surface area contributed by atoms with Gasteiger partial charge >= 0.3 is 0 Å². The lowest BCUT2D eigenvalue weighted by atomic mass is 10.1. The third-order valence-corrected chi connectivity index (χ3v) is 4.41. The Morgan fingerprint density at radius 1 is 1.13 bits per heavy atom. The fourth-order valence-corrected chi connectivity index (χ4v) is 3.10. The Kier molecular flexibility index (Phi) is 4.95. The van der Waals surface area contributed by atoms with Crippen LogP contribution in [0.5, 0.6) is 0 Å². The number of thiocarbonyl (C=S) groups is 1. The van der Waals surface area contributed by atoms with Gasteiger partial charge in [0.05, 0.1) is 16.6 Å². The molecule has 3 rings (SSSR count). The molecule has 6 heteroatoms. The highest BCUT2D eigenvalue weighted by Crippen LogP contribution is 2.22. The number of thiophene rings is 1. The van der Waals surface area contributed by atoms with E-state index in [0.29, 0.717) is 11.1 Å². The molecule has 0 bridgehead atoms. The molecule has 116 valence electrons. The van der Waals surface area contributed by atoms with Gasteiger partial charge in [0.2, 0.25) is 5.95 Å². The molecule has 1 unspecified atom stereocenters. The summed E-state index contributed by atoms with van der Waals surface area (Å²) in [6, 6.07) is 16.2. The molecule has 0 spiro atoms. The average Bonchev–Trinajstić information content (AvgIpc) is 3.10. The minimum atomic E-state index is 0.108. The topological polar surface area (TPSA) is 49.8 Å². The van der Waals surface area contributed by atoms with Crippen LogP contribution in [0, 0.1) is 0 Å². The summed E-state index contributed by atoms with van der Waals surface area (Å²) in [6.07, 6.45) is 1.73. The van der Waals surface area contributed by atoms with Crippen LogP contribution in [0.4, 0.5) is 5.95 Å². The van der Waals surface area contributed by atoms with Crippen LogP contribution in [0.2, 0.25) is 0 Å². The molecule has 0 fully saturated rings. The Hall–Kier alpha value is -2.31. The summed E-state index contributed by atoms with van der Waals surface area (Å²) in [5, 5.41) is 8.82. The molecule has 0 aliphatic rings. The lowest BCUT2D eigenvalue weighted by molar-refractivity contribution is 0.722. The van der Waals surface area contributed by atoms with Crippen molar-refractivity contribution >= 4 is 34.6 Å². The lowest BCUT2D eigenvalue weighted by Gasteiger charge is -2.16. The Balaban J connectivity index is 1.65. The summed E-state index contributed by atoms with van der Waals surface area (Å²) in [4.78, 5) is 9.82. The van der Waals surface area contributed by atoms with Crippen molar-refractivity contribution in [2.45, 2.75) is 13.0 Å². The van der Waals surface area contributed by atoms with E-state index in [4.69, 9.17) is 12.2 Å². The number of nitrogens with one attached hydrogen (secondary N) is 2. The molecule has 2 N–H and O–H groups in total. The fraction of sp³-hybridized carbons (Fsp3) is 0.118. The third kappa shape index (κ3) is 4.12. The minimum Gasteiger partial charge on any atom is -0.356 e. The van der Waals surface area contributed by atoms with Crippen LogP contribution in [0.1, 0.15) is 18.5 Å². The molecular weight excluding hydrogens is 324 g/mol. The first-order chi connectivity index (χ1) is 11.2. The molecule has 0 aliphatic heterocycles. The van der Waals surface area contributed by atoms with Crippen LogP contribution in [0.25, 0.3) is 10.6 Å². The lowest BCUT2D eigenvalue weighted by Crippen LogP contribution is -2.31. The highest BCUT2D eigenvalue weighted by atomic mass is 32.1. The highest BCUT2D eigenvalue weighted by molar-refractivity contribution is 7.80. The smallest absolute Gasteiger partial charge is 0.229 e. The number of nitrogens with zero attached hydrogens (tertiary/aromatic N) is 2. The van der Waals surface area contributed by atoms with Crippen LogP contribution in [-0.4, -0.2) is 15.1 Å². The van der Waals surface area contributed by atoms with Crippen molar-refractivity contribution in [1.29, 1.82) is 0 Å². The maximum atomic E-state index is 5.36. The zero-order valence-electron chi connectivity index (χ0n) is 12.6. The van der Waals surface area contributed by atoms with Crippen LogP contribution in [0.15, 0.2) is 60.1 Å². The molecule has 23 heavy (non-hydrogen) atoms. The number of hydrogen-bond donors (Lipinski definition) is 2. The summed E-state index contributed by atoms with van der Waals surface area (Å²) in [6.45, 7) is 2.06. The van der Waals surface area contributed by atoms with Crippen molar-refractivity contribution < 1.29 is 0 Å². The van der Waals surface area contributed by atoms with Crippen molar-refractivity contribution in [3.05, 3.63) is 65.7 Å². The van der Waals surface area contributed by atoms with Gasteiger partial charge in [0.15, 0.2) is 5.11 Å². The Morgan fingerprint density at radius 2 is 1.96 bits per heavy atom. The monoisotopic (exact) mass is 340 g/mol. The van der Waals surface area contributed by atoms with E-state index in [1.165, 1.54) is 5.56 Å².